The van der Waals surface area contributed by atoms with Crippen LogP contribution in [0.1, 0.15) is 51.3 Å². The molecule has 0 atom stereocenters. The van der Waals surface area contributed by atoms with Gasteiger partial charge in [-0.2, -0.15) is 5.26 Å². The fourth-order valence-electron chi connectivity index (χ4n) is 2.32. The molecule has 1 N–H and O–H groups in total. The van der Waals surface area contributed by atoms with E-state index in [0.29, 0.717) is 0 Å². The van der Waals surface area contributed by atoms with E-state index in [-0.39, 0.29) is 16.4 Å². The zero-order chi connectivity index (χ0) is 20.4. The highest BCUT2D eigenvalue weighted by atomic mass is 32.1. The first-order valence-electron chi connectivity index (χ1n) is 8.69. The summed E-state index contributed by atoms with van der Waals surface area (Å²) >= 11 is 1.44. The van der Waals surface area contributed by atoms with E-state index in [4.69, 9.17) is 15.1 Å². The van der Waals surface area contributed by atoms with Crippen LogP contribution < -0.4 is 0 Å². The number of carboxylic acid groups (broad SMARTS) is 1. The number of rotatable bonds is 3. The molecular weight excluding hydrogens is 358 g/mol. The average molecular weight is 384 g/mol. The van der Waals surface area contributed by atoms with Crippen LogP contribution in [-0.2, 0) is 9.53 Å². The van der Waals surface area contributed by atoms with Crippen molar-refractivity contribution in [1.29, 1.82) is 5.26 Å². The lowest BCUT2D eigenvalue weighted by atomic mass is 9.87. The van der Waals surface area contributed by atoms with Gasteiger partial charge in [0.15, 0.2) is 0 Å². The fraction of sp³-hybridized carbons (Fsp3) is 0.364. The molecule has 0 spiro atoms. The van der Waals surface area contributed by atoms with Gasteiger partial charge >= 0.3 is 5.97 Å². The minimum Gasteiger partial charge on any atom is -0.477 e. The van der Waals surface area contributed by atoms with Gasteiger partial charge in [0.2, 0.25) is 0 Å². The zero-order valence-electron chi connectivity index (χ0n) is 16.6. The first-order valence-corrected chi connectivity index (χ1v) is 9.50. The van der Waals surface area contributed by atoms with Gasteiger partial charge in [0.25, 0.3) is 0 Å². The van der Waals surface area contributed by atoms with Gasteiger partial charge in [-0.1, -0.05) is 41.5 Å². The molecule has 1 aliphatic rings. The molecule has 4 nitrogen and oxygen atoms in total. The lowest BCUT2D eigenvalue weighted by molar-refractivity contribution is -0.132. The van der Waals surface area contributed by atoms with Crippen molar-refractivity contribution in [2.75, 3.05) is 0 Å². The largest absolute Gasteiger partial charge is 0.477 e. The molecule has 1 aromatic heterocycles. The smallest absolute Gasteiger partial charge is 0.346 e. The van der Waals surface area contributed by atoms with Crippen molar-refractivity contribution >= 4 is 29.5 Å². The van der Waals surface area contributed by atoms with Crippen molar-refractivity contribution < 1.29 is 14.6 Å². The summed E-state index contributed by atoms with van der Waals surface area (Å²) in [7, 11) is 0. The molecule has 0 aromatic carbocycles. The van der Waals surface area contributed by atoms with E-state index in [1.54, 1.807) is 6.07 Å². The molecule has 1 aromatic rings. The van der Waals surface area contributed by atoms with Gasteiger partial charge in [0.05, 0.1) is 0 Å². The van der Waals surface area contributed by atoms with Crippen LogP contribution in [0, 0.1) is 22.2 Å². The summed E-state index contributed by atoms with van der Waals surface area (Å²) in [5.74, 6) is 0.608. The Hall–Kier alpha value is -2.58. The van der Waals surface area contributed by atoms with Crippen LogP contribution in [0.4, 0.5) is 0 Å². The van der Waals surface area contributed by atoms with E-state index < -0.39 is 5.97 Å². The van der Waals surface area contributed by atoms with Crippen LogP contribution >= 0.6 is 11.3 Å². The number of ether oxygens (including phenoxy) is 1. The number of thiophene rings is 1. The number of aliphatic carboxylic acids is 1. The van der Waals surface area contributed by atoms with Crippen molar-refractivity contribution in [2.45, 2.75) is 41.5 Å². The minimum atomic E-state index is -1.22. The molecule has 0 bridgehead atoms. The predicted octanol–water partition coefficient (Wildman–Crippen LogP) is 6.01. The molecular formula is C22H25NO3S. The Kier molecular flexibility index (Phi) is 5.82. The first kappa shape index (κ1) is 20.7. The Labute approximate surface area is 164 Å². The Morgan fingerprint density at radius 2 is 1.59 bits per heavy atom. The minimum absolute atomic E-state index is 0.115. The molecule has 142 valence electrons. The molecule has 1 aliphatic heterocycles. The summed E-state index contributed by atoms with van der Waals surface area (Å²) in [6, 6.07) is 5.44. The van der Waals surface area contributed by atoms with E-state index in [2.05, 4.69) is 47.6 Å². The number of hydrogen-bond donors (Lipinski definition) is 1. The van der Waals surface area contributed by atoms with E-state index in [9.17, 15) is 4.79 Å². The SMILES string of the molecule is CC(C)(C)C1=CC(=Cc2ccc(/C=C(/C#N)C(=O)O)s2)C=C(C(C)(C)C)O1. The molecule has 2 rings (SSSR count). The maximum atomic E-state index is 11.0. The van der Waals surface area contributed by atoms with E-state index in [0.717, 1.165) is 26.8 Å². The van der Waals surface area contributed by atoms with Crippen LogP contribution in [0.25, 0.3) is 12.2 Å². The highest BCUT2D eigenvalue weighted by Gasteiger charge is 2.28. The normalized spacial score (nSPS) is 15.4. The lowest BCUT2D eigenvalue weighted by Gasteiger charge is -2.32. The fourth-order valence-corrected chi connectivity index (χ4v) is 3.23. The average Bonchev–Trinajstić information content (AvgIpc) is 2.97. The Bertz CT molecular complexity index is 875. The number of allylic oxidation sites excluding steroid dienone is 5. The maximum absolute atomic E-state index is 11.0. The first-order chi connectivity index (χ1) is 12.4. The molecule has 0 radical (unpaired) electrons. The van der Waals surface area contributed by atoms with Crippen LogP contribution in [0.5, 0.6) is 0 Å². The highest BCUT2D eigenvalue weighted by Crippen LogP contribution is 2.39. The van der Waals surface area contributed by atoms with Crippen molar-refractivity contribution in [3.05, 3.63) is 56.7 Å². The van der Waals surface area contributed by atoms with Crippen LogP contribution in [0.15, 0.2) is 46.9 Å². The Morgan fingerprint density at radius 1 is 1.07 bits per heavy atom. The molecule has 5 heteroatoms. The molecule has 2 heterocycles. The van der Waals surface area contributed by atoms with Crippen molar-refractivity contribution in [3.8, 4) is 6.07 Å². The molecule has 0 fully saturated rings. The van der Waals surface area contributed by atoms with Crippen LogP contribution in [-0.4, -0.2) is 11.1 Å². The number of carbonyl (C=O) groups is 1. The van der Waals surface area contributed by atoms with Gasteiger partial charge in [-0.3, -0.25) is 0 Å². The summed E-state index contributed by atoms with van der Waals surface area (Å²) in [6.45, 7) is 12.7. The Balaban J connectivity index is 2.43. The third kappa shape index (κ3) is 5.45. The van der Waals surface area contributed by atoms with Crippen molar-refractivity contribution in [3.63, 3.8) is 0 Å². The summed E-state index contributed by atoms with van der Waals surface area (Å²) in [5, 5.41) is 17.9. The topological polar surface area (TPSA) is 70.3 Å². The molecule has 0 aliphatic carbocycles. The van der Waals surface area contributed by atoms with E-state index in [1.165, 1.54) is 17.4 Å². The monoisotopic (exact) mass is 383 g/mol. The van der Waals surface area contributed by atoms with Crippen molar-refractivity contribution in [1.82, 2.24) is 0 Å². The van der Waals surface area contributed by atoms with E-state index >= 15 is 0 Å². The second-order valence-electron chi connectivity index (χ2n) is 8.48. The van der Waals surface area contributed by atoms with Gasteiger partial charge in [-0.15, -0.1) is 11.3 Å². The second-order valence-corrected chi connectivity index (χ2v) is 9.63. The second kappa shape index (κ2) is 7.58. The number of hydrogen-bond acceptors (Lipinski definition) is 4. The molecule has 0 unspecified atom stereocenters. The van der Waals surface area contributed by atoms with Gasteiger partial charge in [0.1, 0.15) is 23.2 Å². The van der Waals surface area contributed by atoms with Crippen LogP contribution in [0.2, 0.25) is 0 Å². The van der Waals surface area contributed by atoms with Crippen LogP contribution in [0.3, 0.4) is 0 Å². The molecule has 0 amide bonds. The number of nitrogens with zero attached hydrogens (tertiary/aromatic N) is 1. The lowest BCUT2D eigenvalue weighted by Crippen LogP contribution is -2.21. The Morgan fingerprint density at radius 3 is 2.04 bits per heavy atom. The van der Waals surface area contributed by atoms with Gasteiger partial charge < -0.3 is 9.84 Å². The molecule has 27 heavy (non-hydrogen) atoms. The van der Waals surface area contributed by atoms with E-state index in [1.807, 2.05) is 24.3 Å². The van der Waals surface area contributed by atoms with Gasteiger partial charge in [0, 0.05) is 20.6 Å². The highest BCUT2D eigenvalue weighted by molar-refractivity contribution is 7.13. The quantitative estimate of drug-likeness (QED) is 0.512. The maximum Gasteiger partial charge on any atom is 0.346 e. The number of carboxylic acids is 1. The molecule has 0 saturated heterocycles. The van der Waals surface area contributed by atoms with Crippen molar-refractivity contribution in [2.24, 2.45) is 10.8 Å². The molecule has 0 saturated carbocycles. The summed E-state index contributed by atoms with van der Waals surface area (Å²) in [4.78, 5) is 12.7. The summed E-state index contributed by atoms with van der Waals surface area (Å²) < 4.78 is 6.16. The third-order valence-corrected chi connectivity index (χ3v) is 4.87. The number of nitriles is 1. The summed E-state index contributed by atoms with van der Waals surface area (Å²) in [6.07, 6.45) is 7.53. The third-order valence-electron chi connectivity index (χ3n) is 3.89. The van der Waals surface area contributed by atoms with Gasteiger partial charge in [-0.05, 0) is 42.0 Å². The van der Waals surface area contributed by atoms with Gasteiger partial charge in [-0.25, -0.2) is 4.79 Å². The zero-order valence-corrected chi connectivity index (χ0v) is 17.4. The summed E-state index contributed by atoms with van der Waals surface area (Å²) in [5.41, 5.74) is 0.534. The predicted molar refractivity (Wildman–Crippen MR) is 110 cm³/mol. The standard InChI is InChI=1S/C22H25NO3S/c1-21(2,3)18-10-14(11-19(26-18)22(4,5)6)9-16-7-8-17(27-16)12-15(13-23)20(24)25/h7-12H,1-6H3,(H,24,25)/b15-12-.